The lowest BCUT2D eigenvalue weighted by molar-refractivity contribution is -0.727. The minimum Gasteiger partial charge on any atom is -0.468 e. The van der Waals surface area contributed by atoms with Gasteiger partial charge in [-0.25, -0.2) is 9.59 Å². The number of ether oxygens (including phenoxy) is 4. The molecule has 1 aliphatic heterocycles. The van der Waals surface area contributed by atoms with Gasteiger partial charge in [0.25, 0.3) is 12.6 Å². The second-order valence-corrected chi connectivity index (χ2v) is 12.8. The fraction of sp³-hybridized carbons (Fsp3) is 0.545. The zero-order chi connectivity index (χ0) is 32.5. The third kappa shape index (κ3) is 10.3. The third-order valence-electron chi connectivity index (χ3n) is 6.92. The maximum atomic E-state index is 13.3. The molecule has 240 valence electrons. The SMILES string of the molecule is COC(=O)[C@H](c1ccccc1)[C@H]1CCCCN1C(=O)OC[n+]1cccc(C(=O)N[C@@H](COC(C)(C)C)C(=O)OC(C)(C)C)c1. The van der Waals surface area contributed by atoms with Crippen LogP contribution >= 0.6 is 0 Å². The number of nitrogens with one attached hydrogen (secondary N) is 1. The highest BCUT2D eigenvalue weighted by Crippen LogP contribution is 2.32. The highest BCUT2D eigenvalue weighted by molar-refractivity contribution is 5.96. The molecule has 0 saturated carbocycles. The lowest BCUT2D eigenvalue weighted by atomic mass is 9.85. The van der Waals surface area contributed by atoms with Crippen LogP contribution in [-0.2, 0) is 35.3 Å². The Morgan fingerprint density at radius 2 is 1.66 bits per heavy atom. The Bertz CT molecular complexity index is 1290. The molecule has 1 N–H and O–H groups in total. The first-order chi connectivity index (χ1) is 20.7. The quantitative estimate of drug-likeness (QED) is 0.241. The standard InChI is InChI=1S/C33H45N3O8/c1-32(2,3)43-21-25(29(38)44-33(4,5)6)34-28(37)24-16-13-18-35(20-24)22-42-31(40)36-19-12-11-17-26(36)27(30(39)41-7)23-14-9-8-10-15-23/h8-10,13-16,18,20,25-27H,11-12,17,19,21-22H2,1-7H3/p+1/t25-,26+,27+/m0/s1. The molecule has 11 heteroatoms. The first kappa shape index (κ1) is 34.5. The van der Waals surface area contributed by atoms with Crippen molar-refractivity contribution in [2.24, 2.45) is 0 Å². The molecule has 1 fully saturated rings. The van der Waals surface area contributed by atoms with E-state index in [0.717, 1.165) is 18.4 Å². The van der Waals surface area contributed by atoms with Gasteiger partial charge in [-0.2, -0.15) is 4.57 Å². The fourth-order valence-electron chi connectivity index (χ4n) is 4.90. The number of hydrogen-bond acceptors (Lipinski definition) is 8. The van der Waals surface area contributed by atoms with Crippen LogP contribution in [0.5, 0.6) is 0 Å². The van der Waals surface area contributed by atoms with E-state index in [1.165, 1.54) is 13.3 Å². The van der Waals surface area contributed by atoms with Gasteiger partial charge >= 0.3 is 18.0 Å². The monoisotopic (exact) mass is 612 g/mol. The number of esters is 2. The number of likely N-dealkylation sites (tertiary alicyclic amines) is 1. The molecule has 2 heterocycles. The van der Waals surface area contributed by atoms with Crippen molar-refractivity contribution in [1.82, 2.24) is 10.2 Å². The molecule has 11 nitrogen and oxygen atoms in total. The number of nitrogens with zero attached hydrogens (tertiary/aromatic N) is 2. The second-order valence-electron chi connectivity index (χ2n) is 12.8. The zero-order valence-electron chi connectivity index (χ0n) is 26.8. The smallest absolute Gasteiger partial charge is 0.414 e. The third-order valence-corrected chi connectivity index (χ3v) is 6.92. The largest absolute Gasteiger partial charge is 0.468 e. The highest BCUT2D eigenvalue weighted by Gasteiger charge is 2.39. The van der Waals surface area contributed by atoms with Gasteiger partial charge in [-0.1, -0.05) is 30.3 Å². The molecule has 1 aromatic carbocycles. The Balaban J connectivity index is 1.70. The number of piperidine rings is 1. The van der Waals surface area contributed by atoms with Crippen molar-refractivity contribution in [3.8, 4) is 0 Å². The average Bonchev–Trinajstić information content (AvgIpc) is 2.97. The van der Waals surface area contributed by atoms with E-state index in [2.05, 4.69) is 5.32 Å². The van der Waals surface area contributed by atoms with E-state index in [1.807, 2.05) is 51.1 Å². The Kier molecular flexibility index (Phi) is 11.9. The van der Waals surface area contributed by atoms with Crippen LogP contribution in [0.25, 0.3) is 0 Å². The van der Waals surface area contributed by atoms with E-state index >= 15 is 0 Å². The Morgan fingerprint density at radius 3 is 2.30 bits per heavy atom. The molecule has 0 spiro atoms. The molecule has 3 atom stereocenters. The van der Waals surface area contributed by atoms with Gasteiger partial charge in [-0.3, -0.25) is 9.59 Å². The fourth-order valence-corrected chi connectivity index (χ4v) is 4.90. The van der Waals surface area contributed by atoms with Gasteiger partial charge < -0.3 is 29.2 Å². The maximum absolute atomic E-state index is 13.3. The lowest BCUT2D eigenvalue weighted by Crippen LogP contribution is -2.50. The molecule has 1 saturated heterocycles. The van der Waals surface area contributed by atoms with Gasteiger partial charge in [0, 0.05) is 12.6 Å². The number of amides is 2. The van der Waals surface area contributed by atoms with Crippen LogP contribution in [0, 0.1) is 0 Å². The van der Waals surface area contributed by atoms with Crippen LogP contribution in [0.2, 0.25) is 0 Å². The van der Waals surface area contributed by atoms with Crippen LogP contribution in [0.4, 0.5) is 4.79 Å². The van der Waals surface area contributed by atoms with Crippen molar-refractivity contribution in [2.75, 3.05) is 20.3 Å². The number of pyridine rings is 1. The summed E-state index contributed by atoms with van der Waals surface area (Å²) in [6, 6.07) is 11.1. The summed E-state index contributed by atoms with van der Waals surface area (Å²) in [6.45, 7) is 11.0. The molecule has 2 amide bonds. The van der Waals surface area contributed by atoms with Gasteiger partial charge in [0.15, 0.2) is 18.4 Å². The number of hydrogen-bond donors (Lipinski definition) is 1. The predicted molar refractivity (Wildman–Crippen MR) is 161 cm³/mol. The summed E-state index contributed by atoms with van der Waals surface area (Å²) in [5.41, 5.74) is -0.254. The maximum Gasteiger partial charge on any atom is 0.414 e. The summed E-state index contributed by atoms with van der Waals surface area (Å²) in [7, 11) is 1.34. The van der Waals surface area contributed by atoms with E-state index in [9.17, 15) is 19.2 Å². The zero-order valence-corrected chi connectivity index (χ0v) is 26.8. The minimum absolute atomic E-state index is 0.0683. The van der Waals surface area contributed by atoms with E-state index < -0.39 is 53.1 Å². The molecule has 0 radical (unpaired) electrons. The van der Waals surface area contributed by atoms with Crippen molar-refractivity contribution in [2.45, 2.75) is 96.7 Å². The number of methoxy groups -OCH3 is 1. The highest BCUT2D eigenvalue weighted by atomic mass is 16.6. The van der Waals surface area contributed by atoms with E-state index in [1.54, 1.807) is 48.6 Å². The normalized spacial score (nSPS) is 16.8. The van der Waals surface area contributed by atoms with E-state index in [4.69, 9.17) is 18.9 Å². The summed E-state index contributed by atoms with van der Waals surface area (Å²) in [5.74, 6) is -2.18. The number of rotatable bonds is 10. The number of carbonyl (C=O) groups is 4. The van der Waals surface area contributed by atoms with Crippen molar-refractivity contribution < 1.29 is 42.7 Å². The van der Waals surface area contributed by atoms with Crippen LogP contribution in [-0.4, -0.2) is 72.4 Å². The van der Waals surface area contributed by atoms with Crippen molar-refractivity contribution in [1.29, 1.82) is 0 Å². The molecule has 0 aliphatic carbocycles. The molecule has 0 bridgehead atoms. The summed E-state index contributed by atoms with van der Waals surface area (Å²) >= 11 is 0. The van der Waals surface area contributed by atoms with Crippen molar-refractivity contribution in [3.63, 3.8) is 0 Å². The summed E-state index contributed by atoms with van der Waals surface area (Å²) < 4.78 is 23.6. The molecule has 44 heavy (non-hydrogen) atoms. The Morgan fingerprint density at radius 1 is 0.955 bits per heavy atom. The van der Waals surface area contributed by atoms with Crippen LogP contribution in [0.15, 0.2) is 54.9 Å². The molecule has 1 aliphatic rings. The van der Waals surface area contributed by atoms with E-state index in [-0.39, 0.29) is 18.9 Å². The van der Waals surface area contributed by atoms with Gasteiger partial charge in [-0.15, -0.1) is 0 Å². The first-order valence-corrected chi connectivity index (χ1v) is 14.9. The lowest BCUT2D eigenvalue weighted by Gasteiger charge is -2.38. The molecule has 0 unspecified atom stereocenters. The van der Waals surface area contributed by atoms with Crippen molar-refractivity contribution in [3.05, 3.63) is 66.0 Å². The molecular formula is C33H46N3O8+. The molecular weight excluding hydrogens is 566 g/mol. The number of benzene rings is 1. The number of aromatic nitrogens is 1. The Labute approximate surface area is 259 Å². The molecule has 3 rings (SSSR count). The Hall–Kier alpha value is -3.99. The second kappa shape index (κ2) is 15.1. The summed E-state index contributed by atoms with van der Waals surface area (Å²) in [4.78, 5) is 53.8. The molecule has 2 aromatic rings. The number of carbonyl (C=O) groups excluding carboxylic acids is 4. The van der Waals surface area contributed by atoms with Gasteiger partial charge in [0.05, 0.1) is 25.4 Å². The molecule has 1 aromatic heterocycles. The average molecular weight is 613 g/mol. The first-order valence-electron chi connectivity index (χ1n) is 14.9. The minimum atomic E-state index is -1.03. The summed E-state index contributed by atoms with van der Waals surface area (Å²) in [6.07, 6.45) is 4.90. The van der Waals surface area contributed by atoms with Gasteiger partial charge in [-0.05, 0) is 72.4 Å². The van der Waals surface area contributed by atoms with Crippen LogP contribution in [0.3, 0.4) is 0 Å². The summed E-state index contributed by atoms with van der Waals surface area (Å²) in [5, 5.41) is 2.71. The topological polar surface area (TPSA) is 124 Å². The van der Waals surface area contributed by atoms with Crippen LogP contribution in [0.1, 0.15) is 82.6 Å². The van der Waals surface area contributed by atoms with Crippen molar-refractivity contribution >= 4 is 23.9 Å². The predicted octanol–water partition coefficient (Wildman–Crippen LogP) is 4.13. The van der Waals surface area contributed by atoms with Crippen LogP contribution < -0.4 is 9.88 Å². The van der Waals surface area contributed by atoms with Gasteiger partial charge in [0.1, 0.15) is 17.1 Å². The van der Waals surface area contributed by atoms with E-state index in [0.29, 0.717) is 13.0 Å². The van der Waals surface area contributed by atoms with Gasteiger partial charge in [0.2, 0.25) is 0 Å².